The van der Waals surface area contributed by atoms with Crippen molar-refractivity contribution >= 4 is 44.9 Å². The fourth-order valence-corrected chi connectivity index (χ4v) is 5.49. The van der Waals surface area contributed by atoms with E-state index in [-0.39, 0.29) is 28.2 Å². The maximum absolute atomic E-state index is 12.7. The summed E-state index contributed by atoms with van der Waals surface area (Å²) in [6.07, 6.45) is 4.19. The van der Waals surface area contributed by atoms with Crippen LogP contribution in [0.4, 0.5) is 11.4 Å². The Morgan fingerprint density at radius 1 is 1.14 bits per heavy atom. The van der Waals surface area contributed by atoms with E-state index in [9.17, 15) is 28.1 Å². The highest BCUT2D eigenvalue weighted by Crippen LogP contribution is 2.28. The fourth-order valence-electron chi connectivity index (χ4n) is 3.91. The molecule has 35 heavy (non-hydrogen) atoms. The van der Waals surface area contributed by atoms with Gasteiger partial charge in [-0.15, -0.1) is 0 Å². The third-order valence-corrected chi connectivity index (χ3v) is 7.75. The zero-order valence-electron chi connectivity index (χ0n) is 19.3. The number of esters is 1. The quantitative estimate of drug-likeness (QED) is 0.308. The molecule has 1 aliphatic rings. The van der Waals surface area contributed by atoms with Crippen LogP contribution in [0.15, 0.2) is 47.4 Å². The second-order valence-electron chi connectivity index (χ2n) is 8.34. The van der Waals surface area contributed by atoms with Gasteiger partial charge in [-0.2, -0.15) is 0 Å². The number of hydrogen-bond donors (Lipinski definition) is 1. The summed E-state index contributed by atoms with van der Waals surface area (Å²) in [5.74, 6) is -0.998. The molecule has 2 aromatic carbocycles. The Balaban J connectivity index is 1.65. The Kier molecular flexibility index (Phi) is 8.34. The van der Waals surface area contributed by atoms with E-state index in [0.717, 1.165) is 50.3 Å². The average Bonchev–Trinajstić information content (AvgIpc) is 2.83. The lowest BCUT2D eigenvalue weighted by atomic mass is 9.94. The van der Waals surface area contributed by atoms with Crippen molar-refractivity contribution in [1.82, 2.24) is 4.90 Å². The zero-order valence-corrected chi connectivity index (χ0v) is 20.8. The van der Waals surface area contributed by atoms with E-state index in [1.807, 2.05) is 0 Å². The standard InChI is InChI=1S/C23H26ClN3O7S/c1-15(22(28)26(2)18-6-4-3-5-7-18)34-23(29)16-8-10-17(11-9-16)25-35(32,33)21-14-19(27(30)31)12-13-20(21)24/h8-15,18,25H,3-7H2,1-2H3/t15-/m1/s1. The second-order valence-corrected chi connectivity index (χ2v) is 10.4. The molecule has 0 aromatic heterocycles. The molecule has 0 bridgehead atoms. The van der Waals surface area contributed by atoms with Crippen LogP contribution in [0.25, 0.3) is 0 Å². The van der Waals surface area contributed by atoms with Crippen molar-refractivity contribution in [3.8, 4) is 0 Å². The van der Waals surface area contributed by atoms with Crippen molar-refractivity contribution in [3.63, 3.8) is 0 Å². The van der Waals surface area contributed by atoms with Gasteiger partial charge in [0, 0.05) is 30.9 Å². The SMILES string of the molecule is C[C@@H](OC(=O)c1ccc(NS(=O)(=O)c2cc([N+](=O)[O-])ccc2Cl)cc1)C(=O)N(C)C1CCCCC1. The second kappa shape index (κ2) is 11.0. The first-order chi connectivity index (χ1) is 16.5. The molecule has 188 valence electrons. The largest absolute Gasteiger partial charge is 0.449 e. The summed E-state index contributed by atoms with van der Waals surface area (Å²) in [6, 6.07) is 8.58. The highest BCUT2D eigenvalue weighted by atomic mass is 35.5. The minimum atomic E-state index is -4.24. The third-order valence-electron chi connectivity index (χ3n) is 5.89. The topological polar surface area (TPSA) is 136 Å². The number of nitrogens with zero attached hydrogens (tertiary/aromatic N) is 2. The van der Waals surface area contributed by atoms with Crippen LogP contribution in [0, 0.1) is 10.1 Å². The van der Waals surface area contributed by atoms with Crippen LogP contribution >= 0.6 is 11.6 Å². The first-order valence-corrected chi connectivity index (χ1v) is 12.9. The van der Waals surface area contributed by atoms with E-state index in [0.29, 0.717) is 0 Å². The molecule has 1 atom stereocenters. The summed E-state index contributed by atoms with van der Waals surface area (Å²) < 4.78 is 32.9. The average molecular weight is 524 g/mol. The zero-order chi connectivity index (χ0) is 25.8. The number of rotatable bonds is 8. The molecule has 1 amide bonds. The Morgan fingerprint density at radius 2 is 1.77 bits per heavy atom. The van der Waals surface area contributed by atoms with E-state index < -0.39 is 37.6 Å². The van der Waals surface area contributed by atoms with Gasteiger partial charge in [-0.25, -0.2) is 13.2 Å². The molecule has 0 spiro atoms. The molecule has 1 N–H and O–H groups in total. The molecule has 0 saturated heterocycles. The number of carbonyl (C=O) groups excluding carboxylic acids is 2. The summed E-state index contributed by atoms with van der Waals surface area (Å²) >= 11 is 5.93. The van der Waals surface area contributed by atoms with E-state index in [2.05, 4.69) is 4.72 Å². The number of sulfonamides is 1. The Hall–Kier alpha value is -3.18. The van der Waals surface area contributed by atoms with Gasteiger partial charge in [-0.05, 0) is 50.1 Å². The smallest absolute Gasteiger partial charge is 0.338 e. The highest BCUT2D eigenvalue weighted by Gasteiger charge is 2.28. The first kappa shape index (κ1) is 26.4. The number of likely N-dealkylation sites (N-methyl/N-ethyl adjacent to an activating group) is 1. The molecule has 1 aliphatic carbocycles. The predicted octanol–water partition coefficient (Wildman–Crippen LogP) is 4.39. The van der Waals surface area contributed by atoms with Crippen LogP contribution in [-0.2, 0) is 19.6 Å². The molecule has 12 heteroatoms. The number of hydrogen-bond acceptors (Lipinski definition) is 7. The molecule has 10 nitrogen and oxygen atoms in total. The van der Waals surface area contributed by atoms with Gasteiger partial charge in [0.15, 0.2) is 6.10 Å². The number of amides is 1. The summed E-state index contributed by atoms with van der Waals surface area (Å²) in [5, 5.41) is 10.8. The third kappa shape index (κ3) is 6.49. The summed E-state index contributed by atoms with van der Waals surface area (Å²) in [4.78, 5) is 36.6. The fraction of sp³-hybridized carbons (Fsp3) is 0.391. The van der Waals surface area contributed by atoms with Crippen LogP contribution in [-0.4, -0.2) is 49.3 Å². The van der Waals surface area contributed by atoms with Crippen LogP contribution < -0.4 is 4.72 Å². The number of anilines is 1. The lowest BCUT2D eigenvalue weighted by Crippen LogP contribution is -2.44. The van der Waals surface area contributed by atoms with Crippen LogP contribution in [0.1, 0.15) is 49.4 Å². The van der Waals surface area contributed by atoms with Crippen LogP contribution in [0.3, 0.4) is 0 Å². The number of nitrogens with one attached hydrogen (secondary N) is 1. The monoisotopic (exact) mass is 523 g/mol. The number of non-ortho nitro benzene ring substituents is 1. The lowest BCUT2D eigenvalue weighted by Gasteiger charge is -2.32. The summed E-state index contributed by atoms with van der Waals surface area (Å²) in [5.41, 5.74) is -0.197. The van der Waals surface area contributed by atoms with Crippen molar-refractivity contribution in [2.75, 3.05) is 11.8 Å². The number of nitro groups is 1. The number of nitro benzene ring substituents is 1. The number of benzene rings is 2. The molecular formula is C23H26ClN3O7S. The van der Waals surface area contributed by atoms with Gasteiger partial charge in [-0.3, -0.25) is 19.6 Å². The molecule has 0 radical (unpaired) electrons. The van der Waals surface area contributed by atoms with Crippen molar-refractivity contribution in [3.05, 3.63) is 63.2 Å². The van der Waals surface area contributed by atoms with Crippen molar-refractivity contribution < 1.29 is 27.7 Å². The van der Waals surface area contributed by atoms with E-state index >= 15 is 0 Å². The van der Waals surface area contributed by atoms with Crippen molar-refractivity contribution in [2.45, 2.75) is 56.1 Å². The van der Waals surface area contributed by atoms with Crippen molar-refractivity contribution in [1.29, 1.82) is 0 Å². The van der Waals surface area contributed by atoms with Gasteiger partial charge < -0.3 is 9.64 Å². The highest BCUT2D eigenvalue weighted by molar-refractivity contribution is 7.92. The lowest BCUT2D eigenvalue weighted by molar-refractivity contribution is -0.385. The van der Waals surface area contributed by atoms with Gasteiger partial charge in [-0.1, -0.05) is 30.9 Å². The van der Waals surface area contributed by atoms with Gasteiger partial charge in [0.2, 0.25) is 0 Å². The molecule has 2 aromatic rings. The Labute approximate surface area is 208 Å². The van der Waals surface area contributed by atoms with Crippen LogP contribution in [0.5, 0.6) is 0 Å². The van der Waals surface area contributed by atoms with E-state index in [4.69, 9.17) is 16.3 Å². The number of halogens is 1. The van der Waals surface area contributed by atoms with Crippen molar-refractivity contribution in [2.24, 2.45) is 0 Å². The van der Waals surface area contributed by atoms with Gasteiger partial charge >= 0.3 is 5.97 Å². The molecule has 0 aliphatic heterocycles. The molecular weight excluding hydrogens is 498 g/mol. The Morgan fingerprint density at radius 3 is 2.37 bits per heavy atom. The maximum Gasteiger partial charge on any atom is 0.338 e. The predicted molar refractivity (Wildman–Crippen MR) is 130 cm³/mol. The number of carbonyl (C=O) groups is 2. The van der Waals surface area contributed by atoms with E-state index in [1.165, 1.54) is 31.2 Å². The number of ether oxygens (including phenoxy) is 1. The molecule has 1 fully saturated rings. The maximum atomic E-state index is 12.7. The van der Waals surface area contributed by atoms with Gasteiger partial charge in [0.1, 0.15) is 4.90 Å². The molecule has 0 unspecified atom stereocenters. The molecule has 1 saturated carbocycles. The molecule has 0 heterocycles. The summed E-state index contributed by atoms with van der Waals surface area (Å²) in [7, 11) is -2.52. The Bertz CT molecular complexity index is 1210. The normalized spacial score (nSPS) is 15.2. The van der Waals surface area contributed by atoms with Gasteiger partial charge in [0.25, 0.3) is 21.6 Å². The summed E-state index contributed by atoms with van der Waals surface area (Å²) in [6.45, 7) is 1.52. The van der Waals surface area contributed by atoms with E-state index in [1.54, 1.807) is 11.9 Å². The first-order valence-electron chi connectivity index (χ1n) is 11.0. The minimum Gasteiger partial charge on any atom is -0.449 e. The van der Waals surface area contributed by atoms with Gasteiger partial charge in [0.05, 0.1) is 15.5 Å². The minimum absolute atomic E-state index is 0.102. The molecule has 3 rings (SSSR count). The van der Waals surface area contributed by atoms with Crippen LogP contribution in [0.2, 0.25) is 5.02 Å².